The molecule has 2 amide bonds. The number of fused-ring (bicyclic) bond motifs is 1. The molecule has 7 nitrogen and oxygen atoms in total. The number of nitrogens with one attached hydrogen (secondary N) is 2. The van der Waals surface area contributed by atoms with Gasteiger partial charge in [0, 0.05) is 31.6 Å². The van der Waals surface area contributed by atoms with Crippen molar-refractivity contribution in [1.82, 2.24) is 25.3 Å². The van der Waals surface area contributed by atoms with E-state index >= 15 is 0 Å². The number of amides is 2. The molecule has 1 fully saturated rings. The zero-order valence-corrected chi connectivity index (χ0v) is 13.8. The van der Waals surface area contributed by atoms with Crippen molar-refractivity contribution >= 4 is 22.7 Å². The van der Waals surface area contributed by atoms with Crippen LogP contribution in [0.1, 0.15) is 10.5 Å². The maximum absolute atomic E-state index is 12.6. The Bertz CT molecular complexity index is 797. The minimum absolute atomic E-state index is 0.122. The Morgan fingerprint density at radius 1 is 1.15 bits per heavy atom. The number of benzene rings is 1. The number of rotatable bonds is 4. The maximum Gasteiger partial charge on any atom is 0.405 e. The van der Waals surface area contributed by atoms with E-state index in [0.717, 1.165) is 10.9 Å². The third-order valence-corrected chi connectivity index (χ3v) is 4.19. The van der Waals surface area contributed by atoms with Crippen LogP contribution in [-0.4, -0.2) is 77.3 Å². The first-order chi connectivity index (χ1) is 12.3. The molecule has 1 aromatic carbocycles. The van der Waals surface area contributed by atoms with E-state index in [2.05, 4.69) is 10.2 Å². The van der Waals surface area contributed by atoms with Gasteiger partial charge in [-0.25, -0.2) is 0 Å². The van der Waals surface area contributed by atoms with Crippen LogP contribution in [0.5, 0.6) is 0 Å². The number of hydrogen-bond donors (Lipinski definition) is 2. The fraction of sp³-hybridized carbons (Fsp3) is 0.438. The zero-order chi connectivity index (χ0) is 18.7. The van der Waals surface area contributed by atoms with Crippen LogP contribution in [0.25, 0.3) is 10.9 Å². The van der Waals surface area contributed by atoms with Crippen molar-refractivity contribution in [1.29, 1.82) is 0 Å². The molecule has 2 heterocycles. The minimum atomic E-state index is -4.42. The van der Waals surface area contributed by atoms with Crippen LogP contribution >= 0.6 is 0 Å². The lowest BCUT2D eigenvalue weighted by molar-refractivity contribution is -0.139. The van der Waals surface area contributed by atoms with Crippen molar-refractivity contribution in [2.75, 3.05) is 39.3 Å². The van der Waals surface area contributed by atoms with Gasteiger partial charge < -0.3 is 10.2 Å². The van der Waals surface area contributed by atoms with Gasteiger partial charge in [0.15, 0.2) is 5.69 Å². The highest BCUT2D eigenvalue weighted by atomic mass is 19.4. The first kappa shape index (κ1) is 18.2. The molecule has 1 saturated heterocycles. The number of carbonyl (C=O) groups is 2. The number of nitrogens with zero attached hydrogens (tertiary/aromatic N) is 3. The van der Waals surface area contributed by atoms with E-state index in [4.69, 9.17) is 0 Å². The summed E-state index contributed by atoms with van der Waals surface area (Å²) in [4.78, 5) is 27.5. The summed E-state index contributed by atoms with van der Waals surface area (Å²) < 4.78 is 36.3. The molecule has 2 N–H and O–H groups in total. The molecule has 1 aliphatic rings. The molecule has 1 aliphatic heterocycles. The van der Waals surface area contributed by atoms with Gasteiger partial charge in [-0.15, -0.1) is 0 Å². The van der Waals surface area contributed by atoms with Crippen molar-refractivity contribution in [3.8, 4) is 0 Å². The van der Waals surface area contributed by atoms with Gasteiger partial charge in [-0.05, 0) is 6.07 Å². The highest BCUT2D eigenvalue weighted by Crippen LogP contribution is 2.17. The number of piperazine rings is 1. The summed E-state index contributed by atoms with van der Waals surface area (Å²) in [6.45, 7) is 0.125. The van der Waals surface area contributed by atoms with Crippen LogP contribution < -0.4 is 5.32 Å². The molecule has 0 aliphatic carbocycles. The predicted molar refractivity (Wildman–Crippen MR) is 87.5 cm³/mol. The second kappa shape index (κ2) is 7.32. The zero-order valence-electron chi connectivity index (χ0n) is 13.8. The Labute approximate surface area is 147 Å². The molecule has 10 heteroatoms. The van der Waals surface area contributed by atoms with Gasteiger partial charge in [0.05, 0.1) is 12.1 Å². The average molecular weight is 369 g/mol. The molecule has 3 rings (SSSR count). The summed E-state index contributed by atoms with van der Waals surface area (Å²) in [6, 6.07) is 7.31. The highest BCUT2D eigenvalue weighted by molar-refractivity contribution is 6.04. The van der Waals surface area contributed by atoms with E-state index in [0.29, 0.717) is 31.9 Å². The van der Waals surface area contributed by atoms with Gasteiger partial charge in [-0.2, -0.15) is 18.3 Å². The summed E-state index contributed by atoms with van der Waals surface area (Å²) in [5.41, 5.74) is 1.12. The average Bonchev–Trinajstić information content (AvgIpc) is 3.03. The summed E-state index contributed by atoms with van der Waals surface area (Å²) in [5.74, 6) is -0.885. The molecule has 2 aromatic rings. The van der Waals surface area contributed by atoms with Gasteiger partial charge >= 0.3 is 6.18 Å². The molecule has 0 unspecified atom stereocenters. The lowest BCUT2D eigenvalue weighted by atomic mass is 10.2. The Kier molecular flexibility index (Phi) is 5.12. The fourth-order valence-corrected chi connectivity index (χ4v) is 2.84. The van der Waals surface area contributed by atoms with Crippen LogP contribution in [0.3, 0.4) is 0 Å². The van der Waals surface area contributed by atoms with Crippen molar-refractivity contribution in [2.45, 2.75) is 6.18 Å². The minimum Gasteiger partial charge on any atom is -0.346 e. The first-order valence-corrected chi connectivity index (χ1v) is 8.12. The molecule has 0 spiro atoms. The molecule has 140 valence electrons. The quantitative estimate of drug-likeness (QED) is 0.843. The largest absolute Gasteiger partial charge is 0.405 e. The number of carbonyl (C=O) groups excluding carboxylic acids is 2. The van der Waals surface area contributed by atoms with Crippen LogP contribution in [0, 0.1) is 0 Å². The van der Waals surface area contributed by atoms with Crippen molar-refractivity contribution in [3.63, 3.8) is 0 Å². The number of H-pyrrole nitrogens is 1. The molecule has 26 heavy (non-hydrogen) atoms. The summed E-state index contributed by atoms with van der Waals surface area (Å²) in [6.07, 6.45) is -4.42. The Balaban J connectivity index is 1.52. The molecule has 1 aromatic heterocycles. The third-order valence-electron chi connectivity index (χ3n) is 4.19. The Morgan fingerprint density at radius 3 is 2.54 bits per heavy atom. The standard InChI is InChI=1S/C16H18F3N5O2/c17-16(18,19)10-20-13(25)9-23-5-7-24(8-6-23)15(26)14-11-3-1-2-4-12(11)21-22-14/h1-4H,5-10H2,(H,20,25)(H,21,22). The van der Waals surface area contributed by atoms with Gasteiger partial charge in [0.2, 0.25) is 5.91 Å². The lowest BCUT2D eigenvalue weighted by Gasteiger charge is -2.34. The number of aromatic nitrogens is 2. The summed E-state index contributed by atoms with van der Waals surface area (Å²) in [5, 5.41) is 9.49. The first-order valence-electron chi connectivity index (χ1n) is 8.12. The van der Waals surface area contributed by atoms with Gasteiger partial charge in [-0.1, -0.05) is 18.2 Å². The van der Waals surface area contributed by atoms with Crippen molar-refractivity contribution in [2.24, 2.45) is 0 Å². The second-order valence-corrected chi connectivity index (χ2v) is 6.08. The van der Waals surface area contributed by atoms with Gasteiger partial charge in [0.1, 0.15) is 6.54 Å². The highest BCUT2D eigenvalue weighted by Gasteiger charge is 2.29. The van der Waals surface area contributed by atoms with Crippen LogP contribution in [0.2, 0.25) is 0 Å². The van der Waals surface area contributed by atoms with E-state index in [-0.39, 0.29) is 12.5 Å². The van der Waals surface area contributed by atoms with E-state index < -0.39 is 18.6 Å². The smallest absolute Gasteiger partial charge is 0.346 e. The number of alkyl halides is 3. The monoisotopic (exact) mass is 369 g/mol. The van der Waals surface area contributed by atoms with Gasteiger partial charge in [-0.3, -0.25) is 19.6 Å². The second-order valence-electron chi connectivity index (χ2n) is 6.08. The molecule has 0 bridgehead atoms. The number of para-hydroxylation sites is 1. The SMILES string of the molecule is O=C(CN1CCN(C(=O)c2n[nH]c3ccccc23)CC1)NCC(F)(F)F. The summed E-state index contributed by atoms with van der Waals surface area (Å²) in [7, 11) is 0. The number of aromatic amines is 1. The van der Waals surface area contributed by atoms with Crippen LogP contribution in [-0.2, 0) is 4.79 Å². The molecular formula is C16H18F3N5O2. The third kappa shape index (κ3) is 4.31. The van der Waals surface area contributed by atoms with Gasteiger partial charge in [0.25, 0.3) is 5.91 Å². The Hall–Kier alpha value is -2.62. The van der Waals surface area contributed by atoms with Crippen LogP contribution in [0.15, 0.2) is 24.3 Å². The number of hydrogen-bond acceptors (Lipinski definition) is 4. The maximum atomic E-state index is 12.6. The fourth-order valence-electron chi connectivity index (χ4n) is 2.84. The lowest BCUT2D eigenvalue weighted by Crippen LogP contribution is -2.51. The van der Waals surface area contributed by atoms with E-state index in [1.165, 1.54) is 0 Å². The van der Waals surface area contributed by atoms with Crippen molar-refractivity contribution < 1.29 is 22.8 Å². The summed E-state index contributed by atoms with van der Waals surface area (Å²) >= 11 is 0. The molecule has 0 atom stereocenters. The van der Waals surface area contributed by atoms with E-state index in [9.17, 15) is 22.8 Å². The van der Waals surface area contributed by atoms with Crippen molar-refractivity contribution in [3.05, 3.63) is 30.0 Å². The normalized spacial score (nSPS) is 16.0. The van der Waals surface area contributed by atoms with E-state index in [1.54, 1.807) is 9.80 Å². The molecule has 0 radical (unpaired) electrons. The van der Waals surface area contributed by atoms with Crippen LogP contribution in [0.4, 0.5) is 13.2 Å². The Morgan fingerprint density at radius 2 is 1.85 bits per heavy atom. The molecule has 0 saturated carbocycles. The molecular weight excluding hydrogens is 351 g/mol. The number of halogens is 3. The van der Waals surface area contributed by atoms with E-state index in [1.807, 2.05) is 29.6 Å². The predicted octanol–water partition coefficient (Wildman–Crippen LogP) is 0.999. The topological polar surface area (TPSA) is 81.3 Å².